The number of aliphatic imine (C=N–C) groups is 3. The van der Waals surface area contributed by atoms with Crippen LogP contribution in [0.25, 0.3) is 0 Å². The van der Waals surface area contributed by atoms with Crippen LogP contribution >= 0.6 is 0 Å². The molecule has 4 aliphatic heterocycles. The minimum Gasteiger partial charge on any atom is -0.474 e. The van der Waals surface area contributed by atoms with E-state index >= 15 is 0 Å². The second-order valence-corrected chi connectivity index (χ2v) is 11.9. The van der Waals surface area contributed by atoms with E-state index in [9.17, 15) is 14.4 Å². The number of hydrogen-bond acceptors (Lipinski definition) is 9. The Morgan fingerprint density at radius 3 is 0.949 bits per heavy atom. The zero-order valence-electron chi connectivity index (χ0n) is 24.2. The molecule has 3 unspecified atom stereocenters. The van der Waals surface area contributed by atoms with Crippen LogP contribution in [0.1, 0.15) is 62.3 Å². The number of amides is 3. The van der Waals surface area contributed by atoms with Gasteiger partial charge in [-0.05, 0) is 38.5 Å². The lowest BCUT2D eigenvalue weighted by atomic mass is 10.0. The number of hydrogen-bond donors (Lipinski definition) is 3. The molecular formula is C27H42N6O6. The number of carbonyl (C=O) groups excluding carboxylic acids is 3. The fraction of sp³-hybridized carbons (Fsp3) is 0.778. The van der Waals surface area contributed by atoms with E-state index in [1.54, 1.807) is 20.8 Å². The van der Waals surface area contributed by atoms with E-state index < -0.39 is 54.6 Å². The van der Waals surface area contributed by atoms with Crippen molar-refractivity contribution in [1.29, 1.82) is 0 Å². The third-order valence-corrected chi connectivity index (χ3v) is 7.55. The van der Waals surface area contributed by atoms with Crippen LogP contribution in [0.15, 0.2) is 15.0 Å². The normalized spacial score (nSPS) is 37.1. The molecule has 3 N–H and O–H groups in total. The van der Waals surface area contributed by atoms with Crippen LogP contribution in [0.3, 0.4) is 0 Å². The maximum Gasteiger partial charge on any atom is 0.249 e. The summed E-state index contributed by atoms with van der Waals surface area (Å²) < 4.78 is 18.0. The SMILES string of the molecule is CC1OC2=N[C@@H]1C(=O)N[C@@H](C(C)C)C1=N[C@H](C(=O)N[C@@H](C(C)C)C3=N[C@H](C(=O)N[C@H]2C(C)C)C(C)O3)C(C)O1. The zero-order valence-corrected chi connectivity index (χ0v) is 24.2. The second-order valence-electron chi connectivity index (χ2n) is 11.9. The highest BCUT2D eigenvalue weighted by atomic mass is 16.5. The molecule has 39 heavy (non-hydrogen) atoms. The van der Waals surface area contributed by atoms with Gasteiger partial charge in [0.25, 0.3) is 0 Å². The standard InChI is InChI=1S/C27H42N6O6/c1-10(2)16-25-31-20(13(7)37-25)23(35)29-18(12(5)6)27-33-21(15(9)39-27)24(36)30-17(11(3)4)26-32-19(14(8)38-26)22(34)28-16/h10-21H,1-9H3,(H,28,34)(H,29,35)(H,30,36)/t13?,14?,15?,16-,17-,18-,19-,20-,21-/m0/s1. The molecule has 6 bridgehead atoms. The predicted octanol–water partition coefficient (Wildman–Crippen LogP) is 0.980. The topological polar surface area (TPSA) is 152 Å². The Morgan fingerprint density at radius 2 is 0.744 bits per heavy atom. The molecule has 0 spiro atoms. The lowest BCUT2D eigenvalue weighted by molar-refractivity contribution is -0.125. The Kier molecular flexibility index (Phi) is 8.22. The van der Waals surface area contributed by atoms with Gasteiger partial charge in [-0.1, -0.05) is 41.5 Å². The summed E-state index contributed by atoms with van der Waals surface area (Å²) in [7, 11) is 0. The van der Waals surface area contributed by atoms with E-state index in [-0.39, 0.29) is 35.5 Å². The van der Waals surface area contributed by atoms with Gasteiger partial charge >= 0.3 is 0 Å². The quantitative estimate of drug-likeness (QED) is 0.480. The minimum atomic E-state index is -0.818. The summed E-state index contributed by atoms with van der Waals surface area (Å²) in [6.45, 7) is 17.0. The molecule has 4 rings (SSSR count). The monoisotopic (exact) mass is 546 g/mol. The summed E-state index contributed by atoms with van der Waals surface area (Å²) in [6.07, 6.45) is -1.62. The van der Waals surface area contributed by atoms with Gasteiger partial charge in [-0.2, -0.15) is 0 Å². The van der Waals surface area contributed by atoms with Crippen LogP contribution in [-0.4, -0.2) is 90.0 Å². The van der Waals surface area contributed by atoms with E-state index in [0.717, 1.165) is 0 Å². The molecule has 0 saturated carbocycles. The van der Waals surface area contributed by atoms with Gasteiger partial charge in [-0.15, -0.1) is 0 Å². The molecule has 0 saturated heterocycles. The third kappa shape index (κ3) is 5.74. The van der Waals surface area contributed by atoms with Crippen LogP contribution in [0.2, 0.25) is 0 Å². The van der Waals surface area contributed by atoms with Gasteiger partial charge in [0, 0.05) is 0 Å². The first-order chi connectivity index (χ1) is 18.3. The summed E-state index contributed by atoms with van der Waals surface area (Å²) in [5, 5.41) is 9.03. The highest BCUT2D eigenvalue weighted by Gasteiger charge is 2.45. The first-order valence-electron chi connectivity index (χ1n) is 13.9. The van der Waals surface area contributed by atoms with Crippen molar-refractivity contribution in [2.24, 2.45) is 32.7 Å². The van der Waals surface area contributed by atoms with Crippen molar-refractivity contribution in [2.75, 3.05) is 0 Å². The summed E-state index contributed by atoms with van der Waals surface area (Å²) >= 11 is 0. The maximum absolute atomic E-state index is 13.4. The van der Waals surface area contributed by atoms with Crippen molar-refractivity contribution < 1.29 is 28.6 Å². The lowest BCUT2D eigenvalue weighted by Gasteiger charge is -2.24. The smallest absolute Gasteiger partial charge is 0.249 e. The van der Waals surface area contributed by atoms with Crippen LogP contribution in [-0.2, 0) is 28.6 Å². The van der Waals surface area contributed by atoms with Gasteiger partial charge in [-0.25, -0.2) is 15.0 Å². The fourth-order valence-corrected chi connectivity index (χ4v) is 5.11. The summed E-state index contributed by atoms with van der Waals surface area (Å²) in [5.41, 5.74) is 0. The molecular weight excluding hydrogens is 504 g/mol. The van der Waals surface area contributed by atoms with Crippen LogP contribution in [0, 0.1) is 17.8 Å². The van der Waals surface area contributed by atoms with Gasteiger partial charge in [-0.3, -0.25) is 14.4 Å². The highest BCUT2D eigenvalue weighted by molar-refractivity contribution is 5.99. The van der Waals surface area contributed by atoms with Gasteiger partial charge in [0.15, 0.2) is 18.1 Å². The van der Waals surface area contributed by atoms with Crippen molar-refractivity contribution in [3.63, 3.8) is 0 Å². The first-order valence-corrected chi connectivity index (χ1v) is 13.9. The molecule has 0 radical (unpaired) electrons. The molecule has 4 aliphatic rings. The predicted molar refractivity (Wildman–Crippen MR) is 146 cm³/mol. The molecule has 12 heteroatoms. The Balaban J connectivity index is 1.76. The molecule has 0 aliphatic carbocycles. The molecule has 0 aromatic carbocycles. The number of carbonyl (C=O) groups is 3. The largest absolute Gasteiger partial charge is 0.474 e. The van der Waals surface area contributed by atoms with Crippen LogP contribution in [0.4, 0.5) is 0 Å². The Bertz CT molecular complexity index is 952. The molecule has 216 valence electrons. The molecule has 0 fully saturated rings. The van der Waals surface area contributed by atoms with Gasteiger partial charge in [0.1, 0.15) is 36.4 Å². The summed E-state index contributed by atoms with van der Waals surface area (Å²) in [6, 6.07) is -4.14. The van der Waals surface area contributed by atoms with E-state index in [1.165, 1.54) is 0 Å². The van der Waals surface area contributed by atoms with Crippen molar-refractivity contribution >= 4 is 35.4 Å². The van der Waals surface area contributed by atoms with Crippen molar-refractivity contribution in [3.05, 3.63) is 0 Å². The Labute approximate surface area is 229 Å². The molecule has 9 atom stereocenters. The highest BCUT2D eigenvalue weighted by Crippen LogP contribution is 2.25. The van der Waals surface area contributed by atoms with Crippen LogP contribution in [0.5, 0.6) is 0 Å². The third-order valence-electron chi connectivity index (χ3n) is 7.55. The first kappa shape index (κ1) is 28.8. The van der Waals surface area contributed by atoms with E-state index in [2.05, 4.69) is 30.9 Å². The van der Waals surface area contributed by atoms with Crippen molar-refractivity contribution in [3.8, 4) is 0 Å². The minimum absolute atomic E-state index is 0.0702. The fourth-order valence-electron chi connectivity index (χ4n) is 5.11. The molecule has 4 heterocycles. The van der Waals surface area contributed by atoms with Gasteiger partial charge in [0.2, 0.25) is 35.4 Å². The van der Waals surface area contributed by atoms with E-state index in [4.69, 9.17) is 14.2 Å². The maximum atomic E-state index is 13.4. The Morgan fingerprint density at radius 1 is 0.513 bits per heavy atom. The zero-order chi connectivity index (χ0) is 28.8. The summed E-state index contributed by atoms with van der Waals surface area (Å²) in [5.74, 6) is -0.323. The van der Waals surface area contributed by atoms with Gasteiger partial charge < -0.3 is 30.2 Å². The van der Waals surface area contributed by atoms with E-state index in [0.29, 0.717) is 17.7 Å². The Hall–Kier alpha value is -3.18. The number of nitrogens with one attached hydrogen (secondary N) is 3. The van der Waals surface area contributed by atoms with E-state index in [1.807, 2.05) is 41.5 Å². The average molecular weight is 547 g/mol. The summed E-state index contributed by atoms with van der Waals surface area (Å²) in [4.78, 5) is 54.0. The number of nitrogens with zero attached hydrogens (tertiary/aromatic N) is 3. The van der Waals surface area contributed by atoms with Crippen LogP contribution < -0.4 is 16.0 Å². The second kappa shape index (κ2) is 11.1. The average Bonchev–Trinajstić information content (AvgIpc) is 3.54. The lowest BCUT2D eigenvalue weighted by Crippen LogP contribution is -2.49. The van der Waals surface area contributed by atoms with Gasteiger partial charge in [0.05, 0.1) is 0 Å². The van der Waals surface area contributed by atoms with Crippen molar-refractivity contribution in [2.45, 2.75) is 117 Å². The molecule has 0 aromatic rings. The number of rotatable bonds is 3. The molecule has 0 aromatic heterocycles. The number of ether oxygens (including phenoxy) is 3. The molecule has 3 amide bonds. The molecule has 12 nitrogen and oxygen atoms in total. The van der Waals surface area contributed by atoms with Crippen molar-refractivity contribution in [1.82, 2.24) is 16.0 Å². The number of fused-ring (bicyclic) bond motifs is 3.